The first-order valence-corrected chi connectivity index (χ1v) is 14.3. The van der Waals surface area contributed by atoms with Crippen molar-refractivity contribution in [2.75, 3.05) is 0 Å². The van der Waals surface area contributed by atoms with Crippen molar-refractivity contribution in [2.45, 2.75) is 28.7 Å². The first-order chi connectivity index (χ1) is 5.39. The van der Waals surface area contributed by atoms with Gasteiger partial charge in [0.05, 0.1) is 0 Å². The van der Waals surface area contributed by atoms with E-state index in [1.807, 2.05) is 0 Å². The molecule has 0 aliphatic rings. The topological polar surface area (TPSA) is 12.9 Å². The number of nitrogens with zero attached hydrogens (tertiary/aromatic N) is 1. The zero-order valence-electron chi connectivity index (χ0n) is 8.60. The predicted molar refractivity (Wildman–Crippen MR) is 56.7 cm³/mol. The molecular weight excluding hydrogens is 253 g/mol. The molecule has 0 saturated heterocycles. The second-order valence-electron chi connectivity index (χ2n) is 4.39. The molecule has 0 N–H and O–H groups in total. The fraction of sp³-hybridized carbons (Fsp3) is 0.500. The Balaban J connectivity index is 3.18. The Morgan fingerprint density at radius 2 is 1.42 bits per heavy atom. The van der Waals surface area contributed by atoms with E-state index in [9.17, 15) is 0 Å². The van der Waals surface area contributed by atoms with Crippen molar-refractivity contribution in [2.24, 2.45) is 0 Å². The summed E-state index contributed by atoms with van der Waals surface area (Å²) in [5, 5.41) is 0. The second kappa shape index (κ2) is 3.36. The first kappa shape index (κ1) is 10.0. The Morgan fingerprint density at radius 3 is 1.75 bits per heavy atom. The number of rotatable bonds is 1. The van der Waals surface area contributed by atoms with Crippen LogP contribution in [0.3, 0.4) is 0 Å². The van der Waals surface area contributed by atoms with Gasteiger partial charge in [0.25, 0.3) is 0 Å². The van der Waals surface area contributed by atoms with Crippen LogP contribution in [0.2, 0.25) is 14.8 Å². The summed E-state index contributed by atoms with van der Waals surface area (Å²) in [5.41, 5.74) is 2.33. The molecule has 0 unspecified atom stereocenters. The second-order valence-corrected chi connectivity index (χ2v) is 18.9. The summed E-state index contributed by atoms with van der Waals surface area (Å²) >= 11 is -1.84. The Kier molecular flexibility index (Phi) is 2.81. The van der Waals surface area contributed by atoms with E-state index in [-0.39, 0.29) is 0 Å². The van der Waals surface area contributed by atoms with E-state index in [1.165, 1.54) is 0 Å². The van der Waals surface area contributed by atoms with E-state index >= 15 is 0 Å². The van der Waals surface area contributed by atoms with Gasteiger partial charge >= 0.3 is 79.1 Å². The molecule has 2 heteroatoms. The fourth-order valence-corrected chi connectivity index (χ4v) is 4.93. The molecule has 0 aliphatic carbocycles. The van der Waals surface area contributed by atoms with Crippen LogP contribution in [0.15, 0.2) is 12.1 Å². The van der Waals surface area contributed by atoms with Crippen LogP contribution in [-0.4, -0.2) is 23.4 Å². The standard InChI is InChI=1S/C7H8N.3CH3.Sn/c1-6-4-3-5-7(2)8-6;;;;/h4-5H,1-2H3;3*1H3;. The quantitative estimate of drug-likeness (QED) is 0.713. The van der Waals surface area contributed by atoms with Crippen LogP contribution in [0.4, 0.5) is 0 Å². The van der Waals surface area contributed by atoms with Crippen molar-refractivity contribution >= 4 is 22.0 Å². The van der Waals surface area contributed by atoms with Crippen LogP contribution >= 0.6 is 0 Å². The molecule has 12 heavy (non-hydrogen) atoms. The molecule has 0 aromatic carbocycles. The van der Waals surface area contributed by atoms with Crippen molar-refractivity contribution in [1.29, 1.82) is 0 Å². The van der Waals surface area contributed by atoms with Gasteiger partial charge in [-0.3, -0.25) is 0 Å². The summed E-state index contributed by atoms with van der Waals surface area (Å²) in [6.45, 7) is 4.15. The Morgan fingerprint density at radius 1 is 1.00 bits per heavy atom. The molecule has 0 spiro atoms. The Labute approximate surface area is 79.1 Å². The van der Waals surface area contributed by atoms with Gasteiger partial charge in [-0.1, -0.05) is 0 Å². The molecule has 0 atom stereocenters. The molecular formula is C10H17NSn. The summed E-state index contributed by atoms with van der Waals surface area (Å²) in [4.78, 5) is 11.7. The molecule has 1 aromatic heterocycles. The average Bonchev–Trinajstić information content (AvgIpc) is 1.82. The van der Waals surface area contributed by atoms with Gasteiger partial charge in [0.1, 0.15) is 0 Å². The van der Waals surface area contributed by atoms with Gasteiger partial charge < -0.3 is 0 Å². The van der Waals surface area contributed by atoms with E-state index in [4.69, 9.17) is 0 Å². The van der Waals surface area contributed by atoms with Gasteiger partial charge in [-0.15, -0.1) is 0 Å². The molecule has 0 saturated carbocycles. The molecule has 1 nitrogen and oxygen atoms in total. The zero-order valence-corrected chi connectivity index (χ0v) is 11.5. The number of hydrogen-bond donors (Lipinski definition) is 0. The first-order valence-electron chi connectivity index (χ1n) is 4.35. The molecule has 0 bridgehead atoms. The molecule has 0 radical (unpaired) electrons. The van der Waals surface area contributed by atoms with Crippen molar-refractivity contribution in [3.8, 4) is 0 Å². The fourth-order valence-electron chi connectivity index (χ4n) is 1.27. The van der Waals surface area contributed by atoms with Gasteiger partial charge in [-0.2, -0.15) is 0 Å². The van der Waals surface area contributed by atoms with E-state index < -0.39 is 18.4 Å². The molecule has 1 aromatic rings. The van der Waals surface area contributed by atoms with Gasteiger partial charge in [0.2, 0.25) is 0 Å². The third-order valence-corrected chi connectivity index (χ3v) is 7.71. The number of aromatic nitrogens is 1. The van der Waals surface area contributed by atoms with Gasteiger partial charge in [0.15, 0.2) is 0 Å². The minimum atomic E-state index is -1.84. The SMILES string of the molecule is Cc1c[c]([Sn]([CH3])([CH3])[CH3])cc(C)n1. The molecule has 0 aliphatic heterocycles. The van der Waals surface area contributed by atoms with Crippen molar-refractivity contribution in [3.05, 3.63) is 23.5 Å². The van der Waals surface area contributed by atoms with Crippen LogP contribution in [0.1, 0.15) is 11.4 Å². The van der Waals surface area contributed by atoms with Crippen LogP contribution in [-0.2, 0) is 0 Å². The number of aryl methyl sites for hydroxylation is 2. The van der Waals surface area contributed by atoms with Crippen LogP contribution < -0.4 is 3.58 Å². The average molecular weight is 270 g/mol. The van der Waals surface area contributed by atoms with Crippen LogP contribution in [0.25, 0.3) is 0 Å². The van der Waals surface area contributed by atoms with Crippen LogP contribution in [0, 0.1) is 13.8 Å². The van der Waals surface area contributed by atoms with E-state index in [2.05, 4.69) is 45.8 Å². The van der Waals surface area contributed by atoms with E-state index in [0.717, 1.165) is 11.4 Å². The van der Waals surface area contributed by atoms with Gasteiger partial charge in [0, 0.05) is 0 Å². The zero-order chi connectivity index (χ0) is 9.35. The van der Waals surface area contributed by atoms with Crippen molar-refractivity contribution in [1.82, 2.24) is 4.98 Å². The maximum atomic E-state index is 4.38. The molecule has 0 amide bonds. The molecule has 1 heterocycles. The number of hydrogen-bond acceptors (Lipinski definition) is 1. The minimum absolute atomic E-state index is 1.16. The monoisotopic (exact) mass is 271 g/mol. The summed E-state index contributed by atoms with van der Waals surface area (Å²) < 4.78 is 1.58. The third-order valence-electron chi connectivity index (χ3n) is 1.95. The summed E-state index contributed by atoms with van der Waals surface area (Å²) in [6, 6.07) is 4.51. The Hall–Kier alpha value is -0.0513. The summed E-state index contributed by atoms with van der Waals surface area (Å²) in [5.74, 6) is 0. The maximum absolute atomic E-state index is 4.38. The summed E-state index contributed by atoms with van der Waals surface area (Å²) in [6.07, 6.45) is 0. The van der Waals surface area contributed by atoms with Gasteiger partial charge in [-0.05, 0) is 0 Å². The number of pyridine rings is 1. The van der Waals surface area contributed by atoms with E-state index in [1.54, 1.807) is 3.58 Å². The Bertz CT molecular complexity index is 266. The molecule has 1 rings (SSSR count). The molecule has 66 valence electrons. The summed E-state index contributed by atoms with van der Waals surface area (Å²) in [7, 11) is 0. The van der Waals surface area contributed by atoms with Crippen molar-refractivity contribution < 1.29 is 0 Å². The third kappa shape index (κ3) is 2.47. The molecule has 0 fully saturated rings. The van der Waals surface area contributed by atoms with Crippen LogP contribution in [0.5, 0.6) is 0 Å². The predicted octanol–water partition coefficient (Wildman–Crippen LogP) is 2.24. The van der Waals surface area contributed by atoms with E-state index in [0.29, 0.717) is 0 Å². The normalized spacial score (nSPS) is 11.8. The van der Waals surface area contributed by atoms with Crippen molar-refractivity contribution in [3.63, 3.8) is 0 Å². The van der Waals surface area contributed by atoms with Gasteiger partial charge in [-0.25, -0.2) is 0 Å².